The van der Waals surface area contributed by atoms with Gasteiger partial charge in [-0.3, -0.25) is 14.8 Å². The minimum Gasteiger partial charge on any atom is -0.478 e. The molecule has 1 saturated heterocycles. The third-order valence-corrected chi connectivity index (χ3v) is 7.56. The Labute approximate surface area is 240 Å². The highest BCUT2D eigenvalue weighted by Crippen LogP contribution is 2.39. The molecule has 2 aromatic carbocycles. The van der Waals surface area contributed by atoms with Gasteiger partial charge in [-0.05, 0) is 41.8 Å². The second-order valence-electron chi connectivity index (χ2n) is 9.38. The predicted octanol–water partition coefficient (Wildman–Crippen LogP) is 4.22. The molecule has 4 rings (SSSR count). The minimum absolute atomic E-state index is 0.0422. The summed E-state index contributed by atoms with van der Waals surface area (Å²) in [6.45, 7) is -0.0618. The number of carbonyl (C=O) groups is 3. The number of hydrogen-bond acceptors (Lipinski definition) is 9. The Balaban J connectivity index is 1.45. The van der Waals surface area contributed by atoms with Gasteiger partial charge in [0.1, 0.15) is 5.03 Å². The molecule has 0 saturated carbocycles. The number of hydroxylamine groups is 1. The number of nitrogens with zero attached hydrogens (tertiary/aromatic N) is 1. The van der Waals surface area contributed by atoms with Gasteiger partial charge >= 0.3 is 5.97 Å². The van der Waals surface area contributed by atoms with E-state index in [1.54, 1.807) is 36.5 Å². The van der Waals surface area contributed by atoms with Crippen LogP contribution in [-0.2, 0) is 25.7 Å². The maximum absolute atomic E-state index is 12.2. The average molecular weight is 582 g/mol. The Bertz CT molecular complexity index is 1340. The predicted molar refractivity (Wildman–Crippen MR) is 149 cm³/mol. The van der Waals surface area contributed by atoms with Crippen molar-refractivity contribution in [3.8, 4) is 0 Å². The molecule has 12 heteroatoms. The highest BCUT2D eigenvalue weighted by molar-refractivity contribution is 7.99. The summed E-state index contributed by atoms with van der Waals surface area (Å²) in [6, 6.07) is 17.7. The molecule has 2 heterocycles. The molecule has 11 nitrogen and oxygen atoms in total. The monoisotopic (exact) mass is 581 g/mol. The van der Waals surface area contributed by atoms with Gasteiger partial charge in [0.15, 0.2) is 6.29 Å². The normalized spacial score (nSPS) is 18.4. The van der Waals surface area contributed by atoms with Crippen LogP contribution in [0.1, 0.15) is 65.1 Å². The molecule has 0 spiro atoms. The Hall–Kier alpha value is -3.81. The van der Waals surface area contributed by atoms with Crippen molar-refractivity contribution >= 4 is 35.2 Å². The zero-order valence-corrected chi connectivity index (χ0v) is 22.9. The number of pyridine rings is 1. The molecule has 1 aliphatic rings. The highest BCUT2D eigenvalue weighted by Gasteiger charge is 2.32. The van der Waals surface area contributed by atoms with Gasteiger partial charge in [-0.15, -0.1) is 11.8 Å². The van der Waals surface area contributed by atoms with Crippen LogP contribution < -0.4 is 10.8 Å². The molecule has 5 N–H and O–H groups in total. The number of carbonyl (C=O) groups excluding carboxylic acids is 2. The zero-order valence-electron chi connectivity index (χ0n) is 22.1. The van der Waals surface area contributed by atoms with Crippen molar-refractivity contribution in [1.82, 2.24) is 10.5 Å². The van der Waals surface area contributed by atoms with E-state index in [0.29, 0.717) is 29.3 Å². The lowest BCUT2D eigenvalue weighted by Crippen LogP contribution is -2.31. The Morgan fingerprint density at radius 3 is 2.34 bits per heavy atom. The summed E-state index contributed by atoms with van der Waals surface area (Å²) in [5.74, 6) is -1.40. The summed E-state index contributed by atoms with van der Waals surface area (Å²) >= 11 is 1.31. The van der Waals surface area contributed by atoms with Crippen molar-refractivity contribution in [2.24, 2.45) is 0 Å². The molecule has 3 aromatic rings. The third-order valence-electron chi connectivity index (χ3n) is 6.42. The van der Waals surface area contributed by atoms with Crippen molar-refractivity contribution in [3.05, 3.63) is 89.1 Å². The number of anilines is 1. The van der Waals surface area contributed by atoms with E-state index in [0.717, 1.165) is 16.7 Å². The quantitative estimate of drug-likeness (QED) is 0.119. The smallest absolute Gasteiger partial charge is 0.338 e. The molecule has 0 unspecified atom stereocenters. The number of aromatic carboxylic acids is 1. The first-order chi connectivity index (χ1) is 19.9. The molecule has 216 valence electrons. The molecule has 1 aromatic heterocycles. The average Bonchev–Trinajstić information content (AvgIpc) is 3.00. The lowest BCUT2D eigenvalue weighted by molar-refractivity contribution is -0.245. The third kappa shape index (κ3) is 8.59. The van der Waals surface area contributed by atoms with Crippen LogP contribution in [0.5, 0.6) is 0 Å². The Kier molecular flexibility index (Phi) is 10.8. The van der Waals surface area contributed by atoms with E-state index in [-0.39, 0.29) is 43.1 Å². The lowest BCUT2D eigenvalue weighted by atomic mass is 10.0. The van der Waals surface area contributed by atoms with Gasteiger partial charge in [0.25, 0.3) is 0 Å². The van der Waals surface area contributed by atoms with Gasteiger partial charge in [0.05, 0.1) is 24.4 Å². The second-order valence-corrected chi connectivity index (χ2v) is 10.4. The van der Waals surface area contributed by atoms with Gasteiger partial charge in [-0.25, -0.2) is 15.3 Å². The summed E-state index contributed by atoms with van der Waals surface area (Å²) in [5, 5.41) is 30.6. The largest absolute Gasteiger partial charge is 0.478 e. The number of hydrogen-bond donors (Lipinski definition) is 5. The number of aromatic nitrogens is 1. The van der Waals surface area contributed by atoms with Crippen molar-refractivity contribution in [2.45, 2.75) is 55.8 Å². The number of benzene rings is 2. The van der Waals surface area contributed by atoms with Crippen molar-refractivity contribution in [2.75, 3.05) is 11.1 Å². The molecule has 1 aliphatic heterocycles. The fourth-order valence-corrected chi connectivity index (χ4v) is 5.28. The van der Waals surface area contributed by atoms with Crippen molar-refractivity contribution in [3.63, 3.8) is 0 Å². The number of ether oxygens (including phenoxy) is 2. The number of aliphatic hydroxyl groups excluding tert-OH is 1. The number of rotatable bonds is 12. The van der Waals surface area contributed by atoms with E-state index in [2.05, 4.69) is 10.3 Å². The summed E-state index contributed by atoms with van der Waals surface area (Å²) in [6.07, 6.45) is 1.22. The van der Waals surface area contributed by atoms with Crippen LogP contribution in [0.3, 0.4) is 0 Å². The number of aliphatic hydroxyl groups is 1. The number of carboxylic acid groups (broad SMARTS) is 1. The van der Waals surface area contributed by atoms with Gasteiger partial charge in [0, 0.05) is 42.5 Å². The van der Waals surface area contributed by atoms with Crippen molar-refractivity contribution in [1.29, 1.82) is 0 Å². The van der Waals surface area contributed by atoms with Gasteiger partial charge in [-0.2, -0.15) is 0 Å². The first-order valence-electron chi connectivity index (χ1n) is 13.0. The minimum atomic E-state index is -1.05. The molecule has 1 fully saturated rings. The van der Waals surface area contributed by atoms with Gasteiger partial charge in [0.2, 0.25) is 11.8 Å². The highest BCUT2D eigenvalue weighted by atomic mass is 32.2. The Morgan fingerprint density at radius 2 is 1.66 bits per heavy atom. The Morgan fingerprint density at radius 1 is 0.951 bits per heavy atom. The van der Waals surface area contributed by atoms with E-state index in [1.165, 1.54) is 23.3 Å². The van der Waals surface area contributed by atoms with E-state index in [9.17, 15) is 24.6 Å². The molecule has 0 aliphatic carbocycles. The van der Waals surface area contributed by atoms with Crippen LogP contribution >= 0.6 is 11.8 Å². The maximum Gasteiger partial charge on any atom is 0.338 e. The first kappa shape index (κ1) is 30.2. The van der Waals surface area contributed by atoms with E-state index in [4.69, 9.17) is 14.7 Å². The first-order valence-corrected chi connectivity index (χ1v) is 14.0. The van der Waals surface area contributed by atoms with Gasteiger partial charge < -0.3 is 25.0 Å². The second kappa shape index (κ2) is 14.7. The van der Waals surface area contributed by atoms with Crippen LogP contribution in [0.25, 0.3) is 0 Å². The molecule has 0 radical (unpaired) electrons. The molecular weight excluding hydrogens is 550 g/mol. The zero-order chi connectivity index (χ0) is 29.2. The van der Waals surface area contributed by atoms with E-state index < -0.39 is 18.2 Å². The molecule has 2 amide bonds. The van der Waals surface area contributed by atoms with E-state index in [1.807, 2.05) is 24.3 Å². The topological polar surface area (TPSA) is 167 Å². The van der Waals surface area contributed by atoms with E-state index >= 15 is 0 Å². The number of carboxylic acids is 1. The number of nitrogens with one attached hydrogen (secondary N) is 2. The molecular formula is C29H31N3O8S. The lowest BCUT2D eigenvalue weighted by Gasteiger charge is -2.36. The standard InChI is InChI=1S/C29H31N3O8S/c33-16-18-6-8-19(9-7-18)24-15-22(17-41-27-23(28(36)37)3-2-14-30-27)39-29(40-24)20-10-12-21(13-11-20)31-25(34)4-1-5-26(35)32-38/h2-3,6-14,22,24,29,33,38H,1,4-5,15-17H2,(H,31,34)(H,32,35)(H,36,37)/t22-,24+,29+/m0/s1. The molecule has 3 atom stereocenters. The molecule has 41 heavy (non-hydrogen) atoms. The fourth-order valence-electron chi connectivity index (χ4n) is 4.28. The molecule has 0 bridgehead atoms. The fraction of sp³-hybridized carbons (Fsp3) is 0.310. The van der Waals surface area contributed by atoms with Crippen LogP contribution in [-0.4, -0.2) is 50.0 Å². The van der Waals surface area contributed by atoms with Crippen LogP contribution in [0.2, 0.25) is 0 Å². The number of thioether (sulfide) groups is 1. The van der Waals surface area contributed by atoms with Crippen LogP contribution in [0.4, 0.5) is 5.69 Å². The maximum atomic E-state index is 12.2. The summed E-state index contributed by atoms with van der Waals surface area (Å²) in [7, 11) is 0. The van der Waals surface area contributed by atoms with Crippen molar-refractivity contribution < 1.29 is 39.3 Å². The van der Waals surface area contributed by atoms with Crippen LogP contribution in [0.15, 0.2) is 71.9 Å². The van der Waals surface area contributed by atoms with Crippen LogP contribution in [0, 0.1) is 0 Å². The summed E-state index contributed by atoms with van der Waals surface area (Å²) in [4.78, 5) is 39.1. The SMILES string of the molecule is O=C(CCCC(=O)Nc1ccc([C@@H]2O[C@H](CSc3ncccc3C(=O)O)C[C@H](c3ccc(CO)cc3)O2)cc1)NO. The summed E-state index contributed by atoms with van der Waals surface area (Å²) in [5.41, 5.74) is 4.69. The number of amides is 2. The van der Waals surface area contributed by atoms with Gasteiger partial charge in [-0.1, -0.05) is 36.4 Å². The summed E-state index contributed by atoms with van der Waals surface area (Å²) < 4.78 is 12.6.